The Morgan fingerprint density at radius 3 is 2.46 bits per heavy atom. The molecule has 6 nitrogen and oxygen atoms in total. The highest BCUT2D eigenvalue weighted by atomic mass is 16.1. The Morgan fingerprint density at radius 2 is 1.79 bits per heavy atom. The van der Waals surface area contributed by atoms with Crippen LogP contribution < -0.4 is 16.4 Å². The molecule has 0 aliphatic heterocycles. The largest absolute Gasteiger partial charge is 0.399 e. The van der Waals surface area contributed by atoms with Crippen LogP contribution in [0.25, 0.3) is 0 Å². The third kappa shape index (κ3) is 3.86. The zero-order chi connectivity index (χ0) is 16.9. The number of pyridine rings is 2. The highest BCUT2D eigenvalue weighted by Gasteiger charge is 2.06. The summed E-state index contributed by atoms with van der Waals surface area (Å²) in [4.78, 5) is 20.5. The van der Waals surface area contributed by atoms with Gasteiger partial charge < -0.3 is 16.4 Å². The van der Waals surface area contributed by atoms with Gasteiger partial charge in [-0.25, -0.2) is 4.98 Å². The number of nitrogens with zero attached hydrogens (tertiary/aromatic N) is 2. The molecular formula is C18H17N5O. The van der Waals surface area contributed by atoms with Crippen molar-refractivity contribution in [1.29, 1.82) is 0 Å². The molecule has 0 unspecified atom stereocenters. The molecule has 0 aliphatic carbocycles. The fraction of sp³-hybridized carbons (Fsp3) is 0.0556. The minimum absolute atomic E-state index is 0.229. The number of anilines is 4. The molecule has 0 atom stereocenters. The molecule has 0 radical (unpaired) electrons. The molecule has 0 spiro atoms. The summed E-state index contributed by atoms with van der Waals surface area (Å²) >= 11 is 0. The number of carbonyl (C=O) groups is 1. The number of benzene rings is 1. The molecule has 0 bridgehead atoms. The third-order valence-corrected chi connectivity index (χ3v) is 3.36. The maximum atomic E-state index is 12.1. The molecule has 4 N–H and O–H groups in total. The Kier molecular flexibility index (Phi) is 4.38. The van der Waals surface area contributed by atoms with E-state index in [-0.39, 0.29) is 5.91 Å². The molecule has 0 saturated heterocycles. The maximum Gasteiger partial charge on any atom is 0.256 e. The second kappa shape index (κ2) is 6.78. The van der Waals surface area contributed by atoms with Crippen molar-refractivity contribution >= 4 is 28.8 Å². The SMILES string of the molecule is Cc1cc(Nc2ccc(NC(=O)c3ccc(N)cc3)nc2)ccn1. The van der Waals surface area contributed by atoms with Gasteiger partial charge in [0, 0.05) is 28.8 Å². The van der Waals surface area contributed by atoms with E-state index in [1.807, 2.05) is 25.1 Å². The smallest absolute Gasteiger partial charge is 0.256 e. The van der Waals surface area contributed by atoms with Crippen LogP contribution in [0.2, 0.25) is 0 Å². The lowest BCUT2D eigenvalue weighted by Crippen LogP contribution is -2.12. The second-order valence-corrected chi connectivity index (χ2v) is 5.32. The van der Waals surface area contributed by atoms with Crippen LogP contribution in [-0.4, -0.2) is 15.9 Å². The van der Waals surface area contributed by atoms with Crippen molar-refractivity contribution in [2.75, 3.05) is 16.4 Å². The lowest BCUT2D eigenvalue weighted by molar-refractivity contribution is 0.102. The molecule has 1 aromatic carbocycles. The van der Waals surface area contributed by atoms with E-state index in [1.165, 1.54) is 0 Å². The number of nitrogen functional groups attached to an aromatic ring is 1. The fourth-order valence-corrected chi connectivity index (χ4v) is 2.15. The molecule has 3 rings (SSSR count). The van der Waals surface area contributed by atoms with Gasteiger partial charge in [-0.15, -0.1) is 0 Å². The van der Waals surface area contributed by atoms with E-state index in [4.69, 9.17) is 5.73 Å². The van der Waals surface area contributed by atoms with Gasteiger partial charge in [0.05, 0.1) is 11.9 Å². The predicted octanol–water partition coefficient (Wildman–Crippen LogP) is 3.36. The molecule has 1 amide bonds. The molecule has 0 fully saturated rings. The monoisotopic (exact) mass is 319 g/mol. The van der Waals surface area contributed by atoms with Gasteiger partial charge in [0.25, 0.3) is 5.91 Å². The van der Waals surface area contributed by atoms with Crippen molar-refractivity contribution in [2.45, 2.75) is 6.92 Å². The quantitative estimate of drug-likeness (QED) is 0.641. The number of carbonyl (C=O) groups excluding carboxylic acids is 1. The van der Waals surface area contributed by atoms with Gasteiger partial charge in [0.1, 0.15) is 5.82 Å². The van der Waals surface area contributed by atoms with Gasteiger partial charge in [0.2, 0.25) is 0 Å². The van der Waals surface area contributed by atoms with Crippen LogP contribution in [0.4, 0.5) is 22.9 Å². The van der Waals surface area contributed by atoms with E-state index in [9.17, 15) is 4.79 Å². The first kappa shape index (κ1) is 15.5. The summed E-state index contributed by atoms with van der Waals surface area (Å²) in [5.41, 5.74) is 9.45. The number of rotatable bonds is 4. The zero-order valence-corrected chi connectivity index (χ0v) is 13.2. The van der Waals surface area contributed by atoms with Crippen molar-refractivity contribution in [3.63, 3.8) is 0 Å². The average Bonchev–Trinajstić information content (AvgIpc) is 2.57. The summed E-state index contributed by atoms with van der Waals surface area (Å²) in [7, 11) is 0. The molecule has 6 heteroatoms. The molecule has 3 aromatic rings. The van der Waals surface area contributed by atoms with Crippen LogP contribution in [0.1, 0.15) is 16.1 Å². The minimum Gasteiger partial charge on any atom is -0.399 e. The summed E-state index contributed by atoms with van der Waals surface area (Å²) in [6, 6.07) is 14.1. The topological polar surface area (TPSA) is 92.9 Å². The Balaban J connectivity index is 1.66. The molecular weight excluding hydrogens is 302 g/mol. The Bertz CT molecular complexity index is 844. The number of aromatic nitrogens is 2. The van der Waals surface area contributed by atoms with Crippen LogP contribution in [-0.2, 0) is 0 Å². The van der Waals surface area contributed by atoms with Crippen molar-refractivity contribution < 1.29 is 4.79 Å². The first-order valence-electron chi connectivity index (χ1n) is 7.43. The summed E-state index contributed by atoms with van der Waals surface area (Å²) in [6.45, 7) is 1.93. The zero-order valence-electron chi connectivity index (χ0n) is 13.2. The molecule has 2 aromatic heterocycles. The van der Waals surface area contributed by atoms with Gasteiger partial charge in [-0.3, -0.25) is 9.78 Å². The lowest BCUT2D eigenvalue weighted by atomic mass is 10.2. The number of nitrogens with two attached hydrogens (primary N) is 1. The Labute approximate surface area is 139 Å². The first-order valence-corrected chi connectivity index (χ1v) is 7.43. The van der Waals surface area contributed by atoms with Crippen molar-refractivity contribution in [3.8, 4) is 0 Å². The maximum absolute atomic E-state index is 12.1. The van der Waals surface area contributed by atoms with Crippen LogP contribution >= 0.6 is 0 Å². The number of hydrogen-bond donors (Lipinski definition) is 3. The summed E-state index contributed by atoms with van der Waals surface area (Å²) in [5, 5.41) is 5.98. The van der Waals surface area contributed by atoms with E-state index in [1.54, 1.807) is 42.7 Å². The second-order valence-electron chi connectivity index (χ2n) is 5.32. The standard InChI is InChI=1S/C18H17N5O/c1-12-10-15(8-9-20-12)22-16-6-7-17(21-11-16)23-18(24)13-2-4-14(19)5-3-13/h2-11H,19H2,1H3,(H,20,22)(H,21,23,24). The normalized spacial score (nSPS) is 10.2. The van der Waals surface area contributed by atoms with Crippen molar-refractivity contribution in [2.24, 2.45) is 0 Å². The highest BCUT2D eigenvalue weighted by Crippen LogP contribution is 2.17. The summed E-state index contributed by atoms with van der Waals surface area (Å²) < 4.78 is 0. The van der Waals surface area contributed by atoms with Gasteiger partial charge >= 0.3 is 0 Å². The first-order chi connectivity index (χ1) is 11.6. The number of nitrogens with one attached hydrogen (secondary N) is 2. The van der Waals surface area contributed by atoms with Crippen molar-refractivity contribution in [3.05, 3.63) is 72.2 Å². The van der Waals surface area contributed by atoms with Crippen LogP contribution in [0.5, 0.6) is 0 Å². The van der Waals surface area contributed by atoms with E-state index >= 15 is 0 Å². The van der Waals surface area contributed by atoms with Gasteiger partial charge in [0.15, 0.2) is 0 Å². The lowest BCUT2D eigenvalue weighted by Gasteiger charge is -2.08. The van der Waals surface area contributed by atoms with Gasteiger partial charge in [-0.2, -0.15) is 0 Å². The molecule has 120 valence electrons. The van der Waals surface area contributed by atoms with Gasteiger partial charge in [-0.1, -0.05) is 0 Å². The highest BCUT2D eigenvalue weighted by molar-refractivity contribution is 6.03. The predicted molar refractivity (Wildman–Crippen MR) is 95.3 cm³/mol. The number of amides is 1. The van der Waals surface area contributed by atoms with Crippen LogP contribution in [0.15, 0.2) is 60.9 Å². The molecule has 24 heavy (non-hydrogen) atoms. The van der Waals surface area contributed by atoms with E-state index in [0.717, 1.165) is 17.1 Å². The summed E-state index contributed by atoms with van der Waals surface area (Å²) in [5.74, 6) is 0.251. The minimum atomic E-state index is -0.229. The fourth-order valence-electron chi connectivity index (χ4n) is 2.15. The van der Waals surface area contributed by atoms with E-state index in [0.29, 0.717) is 17.1 Å². The molecule has 0 saturated carbocycles. The van der Waals surface area contributed by atoms with Crippen molar-refractivity contribution in [1.82, 2.24) is 9.97 Å². The van der Waals surface area contributed by atoms with E-state index < -0.39 is 0 Å². The Hall–Kier alpha value is -3.41. The summed E-state index contributed by atoms with van der Waals surface area (Å²) in [6.07, 6.45) is 3.40. The van der Waals surface area contributed by atoms with Crippen LogP contribution in [0, 0.1) is 6.92 Å². The van der Waals surface area contributed by atoms with Gasteiger partial charge in [-0.05, 0) is 55.5 Å². The third-order valence-electron chi connectivity index (χ3n) is 3.36. The van der Waals surface area contributed by atoms with E-state index in [2.05, 4.69) is 20.6 Å². The number of hydrogen-bond acceptors (Lipinski definition) is 5. The average molecular weight is 319 g/mol. The Morgan fingerprint density at radius 1 is 1.00 bits per heavy atom. The molecule has 2 heterocycles. The molecule has 0 aliphatic rings. The van der Waals surface area contributed by atoms with Crippen LogP contribution in [0.3, 0.4) is 0 Å². The number of aryl methyl sites for hydroxylation is 1.